The highest BCUT2D eigenvalue weighted by molar-refractivity contribution is 7.98. The Labute approximate surface area is 109 Å². The Morgan fingerprint density at radius 3 is 2.94 bits per heavy atom. The van der Waals surface area contributed by atoms with Crippen molar-refractivity contribution >= 4 is 11.8 Å². The van der Waals surface area contributed by atoms with E-state index in [1.807, 2.05) is 0 Å². The molecular formula is C12H14N2O3S. The lowest BCUT2D eigenvalue weighted by atomic mass is 10.2. The largest absolute Gasteiger partial charge is 0.507 e. The number of aromatic nitrogens is 2. The van der Waals surface area contributed by atoms with Gasteiger partial charge in [0.05, 0.1) is 18.4 Å². The zero-order valence-corrected chi connectivity index (χ0v) is 11.0. The third-order valence-electron chi connectivity index (χ3n) is 2.34. The molecule has 0 bridgehead atoms. The lowest BCUT2D eigenvalue weighted by Gasteiger charge is -2.02. The molecule has 18 heavy (non-hydrogen) atoms. The maximum atomic E-state index is 9.85. The van der Waals surface area contributed by atoms with Crippen molar-refractivity contribution in [2.24, 2.45) is 0 Å². The van der Waals surface area contributed by atoms with E-state index < -0.39 is 0 Å². The highest BCUT2D eigenvalue weighted by atomic mass is 32.2. The van der Waals surface area contributed by atoms with Crippen molar-refractivity contribution < 1.29 is 14.4 Å². The molecule has 2 aromatic rings. The average Bonchev–Trinajstić information content (AvgIpc) is 2.84. The molecule has 0 saturated carbocycles. The maximum Gasteiger partial charge on any atom is 0.261 e. The third-order valence-corrected chi connectivity index (χ3v) is 3.21. The third kappa shape index (κ3) is 2.76. The fraction of sp³-hybridized carbons (Fsp3) is 0.333. The highest BCUT2D eigenvalue weighted by Gasteiger charge is 2.13. The Kier molecular flexibility index (Phi) is 4.09. The molecule has 1 aromatic carbocycles. The van der Waals surface area contributed by atoms with Crippen LogP contribution in [-0.2, 0) is 5.75 Å². The summed E-state index contributed by atoms with van der Waals surface area (Å²) in [6, 6.07) is 4.94. The van der Waals surface area contributed by atoms with Gasteiger partial charge in [0.25, 0.3) is 5.89 Å². The van der Waals surface area contributed by atoms with Crippen molar-refractivity contribution in [3.63, 3.8) is 0 Å². The number of hydrogen-bond donors (Lipinski definition) is 1. The fourth-order valence-corrected chi connectivity index (χ4v) is 1.94. The Bertz CT molecular complexity index is 528. The zero-order valence-electron chi connectivity index (χ0n) is 10.2. The van der Waals surface area contributed by atoms with Gasteiger partial charge in [-0.05, 0) is 17.9 Å². The predicted molar refractivity (Wildman–Crippen MR) is 69.8 cm³/mol. The van der Waals surface area contributed by atoms with Gasteiger partial charge in [0.15, 0.2) is 5.82 Å². The Morgan fingerprint density at radius 2 is 2.28 bits per heavy atom. The minimum atomic E-state index is 0.0627. The number of hydrogen-bond acceptors (Lipinski definition) is 6. The second kappa shape index (κ2) is 5.77. The van der Waals surface area contributed by atoms with Gasteiger partial charge >= 0.3 is 0 Å². The Morgan fingerprint density at radius 1 is 1.44 bits per heavy atom. The minimum Gasteiger partial charge on any atom is -0.507 e. The fourth-order valence-electron chi connectivity index (χ4n) is 1.43. The van der Waals surface area contributed by atoms with E-state index in [9.17, 15) is 5.11 Å². The van der Waals surface area contributed by atoms with Gasteiger partial charge in [-0.15, -0.1) is 0 Å². The molecule has 1 aromatic heterocycles. The summed E-state index contributed by atoms with van der Waals surface area (Å²) in [7, 11) is 1.54. The molecule has 0 spiro atoms. The number of phenolic OH excluding ortho intramolecular Hbond substituents is 1. The molecule has 0 aliphatic carbocycles. The van der Waals surface area contributed by atoms with Gasteiger partial charge in [0.1, 0.15) is 11.5 Å². The van der Waals surface area contributed by atoms with Crippen LogP contribution in [0.3, 0.4) is 0 Å². The minimum absolute atomic E-state index is 0.0627. The molecule has 1 N–H and O–H groups in total. The van der Waals surface area contributed by atoms with Crippen molar-refractivity contribution in [1.29, 1.82) is 0 Å². The smallest absolute Gasteiger partial charge is 0.261 e. The van der Waals surface area contributed by atoms with Crippen LogP contribution in [0.4, 0.5) is 0 Å². The topological polar surface area (TPSA) is 68.4 Å². The zero-order chi connectivity index (χ0) is 13.0. The van der Waals surface area contributed by atoms with E-state index in [2.05, 4.69) is 17.1 Å². The summed E-state index contributed by atoms with van der Waals surface area (Å²) in [5.74, 6) is 3.30. The van der Waals surface area contributed by atoms with Gasteiger partial charge in [-0.2, -0.15) is 16.7 Å². The first-order chi connectivity index (χ1) is 8.74. The van der Waals surface area contributed by atoms with Gasteiger partial charge in [-0.1, -0.05) is 12.1 Å². The molecule has 0 atom stereocenters. The van der Waals surface area contributed by atoms with Crippen molar-refractivity contribution in [1.82, 2.24) is 10.1 Å². The molecule has 0 radical (unpaired) electrons. The van der Waals surface area contributed by atoms with E-state index in [0.717, 1.165) is 5.75 Å². The number of ether oxygens (including phenoxy) is 1. The van der Waals surface area contributed by atoms with Gasteiger partial charge in [-0.25, -0.2) is 0 Å². The van der Waals surface area contributed by atoms with Crippen LogP contribution in [0.25, 0.3) is 11.5 Å². The number of aromatic hydroxyl groups is 1. The lowest BCUT2D eigenvalue weighted by Crippen LogP contribution is -1.86. The van der Waals surface area contributed by atoms with Crippen LogP contribution in [0.1, 0.15) is 12.7 Å². The van der Waals surface area contributed by atoms with Crippen LogP contribution < -0.4 is 4.74 Å². The first-order valence-electron chi connectivity index (χ1n) is 5.52. The van der Waals surface area contributed by atoms with Gasteiger partial charge in [0, 0.05) is 6.07 Å². The first kappa shape index (κ1) is 12.8. The molecule has 1 heterocycles. The molecule has 0 aliphatic rings. The number of benzene rings is 1. The van der Waals surface area contributed by atoms with Crippen LogP contribution in [0.15, 0.2) is 22.7 Å². The first-order valence-corrected chi connectivity index (χ1v) is 6.67. The summed E-state index contributed by atoms with van der Waals surface area (Å²) in [5, 5.41) is 13.7. The summed E-state index contributed by atoms with van der Waals surface area (Å²) in [5.41, 5.74) is 0.510. The molecule has 6 heteroatoms. The molecule has 0 unspecified atom stereocenters. The highest BCUT2D eigenvalue weighted by Crippen LogP contribution is 2.31. The van der Waals surface area contributed by atoms with Crippen LogP contribution in [0, 0.1) is 0 Å². The monoisotopic (exact) mass is 266 g/mol. The SMILES string of the molecule is CCSCc1noc(-c2ccc(OC)cc2O)n1. The van der Waals surface area contributed by atoms with E-state index in [1.165, 1.54) is 6.07 Å². The number of methoxy groups -OCH3 is 1. The van der Waals surface area contributed by atoms with Crippen molar-refractivity contribution in [2.45, 2.75) is 12.7 Å². The van der Waals surface area contributed by atoms with Crippen molar-refractivity contribution in [3.8, 4) is 23.0 Å². The second-order valence-corrected chi connectivity index (χ2v) is 4.81. The number of phenols is 1. The lowest BCUT2D eigenvalue weighted by molar-refractivity contribution is 0.404. The molecule has 0 aliphatic heterocycles. The van der Waals surface area contributed by atoms with Gasteiger partial charge in [0.2, 0.25) is 0 Å². The molecule has 96 valence electrons. The van der Waals surface area contributed by atoms with E-state index >= 15 is 0 Å². The van der Waals surface area contributed by atoms with Gasteiger partial charge in [-0.3, -0.25) is 0 Å². The van der Waals surface area contributed by atoms with E-state index in [-0.39, 0.29) is 5.75 Å². The maximum absolute atomic E-state index is 9.85. The van der Waals surface area contributed by atoms with Crippen molar-refractivity contribution in [2.75, 3.05) is 12.9 Å². The molecule has 0 fully saturated rings. The normalized spacial score (nSPS) is 10.6. The Balaban J connectivity index is 2.23. The quantitative estimate of drug-likeness (QED) is 0.897. The molecule has 0 amide bonds. The van der Waals surface area contributed by atoms with Crippen LogP contribution in [0.5, 0.6) is 11.5 Å². The standard InChI is InChI=1S/C12H14N2O3S/c1-3-18-7-11-13-12(17-14-11)9-5-4-8(16-2)6-10(9)15/h4-6,15H,3,7H2,1-2H3. The van der Waals surface area contributed by atoms with Gasteiger partial charge < -0.3 is 14.4 Å². The number of thioether (sulfide) groups is 1. The van der Waals surface area contributed by atoms with Crippen molar-refractivity contribution in [3.05, 3.63) is 24.0 Å². The summed E-state index contributed by atoms with van der Waals surface area (Å²) in [4.78, 5) is 4.23. The summed E-state index contributed by atoms with van der Waals surface area (Å²) < 4.78 is 10.1. The van der Waals surface area contributed by atoms with Crippen LogP contribution >= 0.6 is 11.8 Å². The van der Waals surface area contributed by atoms with E-state index in [4.69, 9.17) is 9.26 Å². The summed E-state index contributed by atoms with van der Waals surface area (Å²) in [6.07, 6.45) is 0. The summed E-state index contributed by atoms with van der Waals surface area (Å²) >= 11 is 1.71. The molecule has 0 saturated heterocycles. The summed E-state index contributed by atoms with van der Waals surface area (Å²) in [6.45, 7) is 2.07. The van der Waals surface area contributed by atoms with E-state index in [0.29, 0.717) is 28.8 Å². The average molecular weight is 266 g/mol. The molecular weight excluding hydrogens is 252 g/mol. The van der Waals surface area contributed by atoms with E-state index in [1.54, 1.807) is 31.0 Å². The number of nitrogens with zero attached hydrogens (tertiary/aromatic N) is 2. The van der Waals surface area contributed by atoms with Crippen LogP contribution in [-0.4, -0.2) is 28.1 Å². The number of rotatable bonds is 5. The Hall–Kier alpha value is -1.69. The molecule has 2 rings (SSSR count). The van der Waals surface area contributed by atoms with Crippen LogP contribution in [0.2, 0.25) is 0 Å². The molecule has 5 nitrogen and oxygen atoms in total. The second-order valence-electron chi connectivity index (χ2n) is 3.54. The predicted octanol–water partition coefficient (Wildman–Crippen LogP) is 2.70.